The number of nitrogens with zero attached hydrogens (tertiary/aromatic N) is 1. The Balaban J connectivity index is 2.14. The third kappa shape index (κ3) is 2.92. The molecule has 1 aromatic heterocycles. The Hall–Kier alpha value is -0.770. The average molecular weight is 298 g/mol. The minimum atomic E-state index is 0.319. The van der Waals surface area contributed by atoms with E-state index in [-0.39, 0.29) is 0 Å². The number of rotatable bonds is 2. The summed E-state index contributed by atoms with van der Waals surface area (Å²) < 4.78 is 0.920. The van der Waals surface area contributed by atoms with E-state index in [1.165, 1.54) is 25.7 Å². The molecule has 1 aliphatic carbocycles. The second-order valence-corrected chi connectivity index (χ2v) is 6.44. The Morgan fingerprint density at radius 1 is 1.47 bits per heavy atom. The van der Waals surface area contributed by atoms with Crippen molar-refractivity contribution >= 4 is 27.4 Å². The van der Waals surface area contributed by atoms with Crippen LogP contribution >= 0.6 is 15.9 Å². The fourth-order valence-electron chi connectivity index (χ4n) is 2.50. The predicted octanol–water partition coefficient (Wildman–Crippen LogP) is 3.81. The lowest BCUT2D eigenvalue weighted by Gasteiger charge is -2.39. The molecule has 0 bridgehead atoms. The zero-order valence-electron chi connectivity index (χ0n) is 10.5. The Kier molecular flexibility index (Phi) is 3.61. The molecule has 0 radical (unpaired) electrons. The first-order chi connectivity index (χ1) is 7.99. The minimum absolute atomic E-state index is 0.319. The number of aromatic nitrogens is 1. The Morgan fingerprint density at radius 2 is 2.24 bits per heavy atom. The lowest BCUT2D eigenvalue weighted by Crippen LogP contribution is -2.39. The van der Waals surface area contributed by atoms with Crippen LogP contribution in [0.25, 0.3) is 0 Å². The van der Waals surface area contributed by atoms with Crippen LogP contribution in [0.1, 0.15) is 39.5 Å². The van der Waals surface area contributed by atoms with Gasteiger partial charge in [-0.3, -0.25) is 0 Å². The molecule has 1 unspecified atom stereocenters. The van der Waals surface area contributed by atoms with Crippen LogP contribution in [0.15, 0.2) is 16.7 Å². The molecule has 1 aliphatic rings. The molecule has 4 heteroatoms. The predicted molar refractivity (Wildman–Crippen MR) is 76.0 cm³/mol. The van der Waals surface area contributed by atoms with Gasteiger partial charge in [-0.15, -0.1) is 0 Å². The normalized spacial score (nSPS) is 23.4. The van der Waals surface area contributed by atoms with Gasteiger partial charge in [-0.1, -0.05) is 26.7 Å². The summed E-state index contributed by atoms with van der Waals surface area (Å²) in [7, 11) is 0. The maximum absolute atomic E-state index is 5.97. The molecule has 0 aliphatic heterocycles. The van der Waals surface area contributed by atoms with E-state index in [4.69, 9.17) is 5.73 Å². The lowest BCUT2D eigenvalue weighted by molar-refractivity contribution is 0.217. The van der Waals surface area contributed by atoms with E-state index in [1.54, 1.807) is 6.20 Å². The third-order valence-corrected chi connectivity index (χ3v) is 4.14. The van der Waals surface area contributed by atoms with E-state index < -0.39 is 0 Å². The van der Waals surface area contributed by atoms with Crippen molar-refractivity contribution in [3.05, 3.63) is 16.7 Å². The van der Waals surface area contributed by atoms with Gasteiger partial charge in [-0.25, -0.2) is 4.98 Å². The van der Waals surface area contributed by atoms with E-state index in [0.717, 1.165) is 10.3 Å². The second-order valence-electron chi connectivity index (χ2n) is 5.52. The van der Waals surface area contributed by atoms with Crippen molar-refractivity contribution in [1.29, 1.82) is 0 Å². The number of anilines is 2. The van der Waals surface area contributed by atoms with Crippen molar-refractivity contribution in [1.82, 2.24) is 4.98 Å². The summed E-state index contributed by atoms with van der Waals surface area (Å²) in [6.07, 6.45) is 6.87. The largest absolute Gasteiger partial charge is 0.396 e. The fraction of sp³-hybridized carbons (Fsp3) is 0.615. The molecular weight excluding hydrogens is 278 g/mol. The zero-order chi connectivity index (χ0) is 12.5. The SMILES string of the molecule is CC1(C)CCCCC1Nc1ncc(Br)cc1N. The topological polar surface area (TPSA) is 50.9 Å². The molecule has 1 aromatic rings. The van der Waals surface area contributed by atoms with Gasteiger partial charge in [0, 0.05) is 16.7 Å². The van der Waals surface area contributed by atoms with Gasteiger partial charge in [0.25, 0.3) is 0 Å². The van der Waals surface area contributed by atoms with Gasteiger partial charge in [0.2, 0.25) is 0 Å². The van der Waals surface area contributed by atoms with Crippen molar-refractivity contribution in [3.8, 4) is 0 Å². The van der Waals surface area contributed by atoms with Gasteiger partial charge in [-0.2, -0.15) is 0 Å². The summed E-state index contributed by atoms with van der Waals surface area (Å²) in [5.74, 6) is 0.813. The molecule has 3 N–H and O–H groups in total. The molecule has 0 saturated heterocycles. The van der Waals surface area contributed by atoms with Crippen LogP contribution in [0.5, 0.6) is 0 Å². The van der Waals surface area contributed by atoms with Crippen molar-refractivity contribution < 1.29 is 0 Å². The Bertz CT molecular complexity index is 404. The highest BCUT2D eigenvalue weighted by Crippen LogP contribution is 2.37. The lowest BCUT2D eigenvalue weighted by atomic mass is 9.73. The van der Waals surface area contributed by atoms with Gasteiger partial charge < -0.3 is 11.1 Å². The van der Waals surface area contributed by atoms with Gasteiger partial charge in [-0.05, 0) is 40.3 Å². The van der Waals surface area contributed by atoms with E-state index >= 15 is 0 Å². The molecule has 1 saturated carbocycles. The summed E-state index contributed by atoms with van der Waals surface area (Å²) >= 11 is 3.37. The fourth-order valence-corrected chi connectivity index (χ4v) is 2.85. The first-order valence-electron chi connectivity index (χ1n) is 6.16. The summed E-state index contributed by atoms with van der Waals surface area (Å²) in [6, 6.07) is 2.36. The van der Waals surface area contributed by atoms with Crippen LogP contribution in [-0.4, -0.2) is 11.0 Å². The number of nitrogen functional groups attached to an aromatic ring is 1. The summed E-state index contributed by atoms with van der Waals surface area (Å²) in [4.78, 5) is 4.35. The van der Waals surface area contributed by atoms with Crippen LogP contribution < -0.4 is 11.1 Å². The molecule has 3 nitrogen and oxygen atoms in total. The molecule has 94 valence electrons. The maximum Gasteiger partial charge on any atom is 0.149 e. The highest BCUT2D eigenvalue weighted by atomic mass is 79.9. The van der Waals surface area contributed by atoms with Gasteiger partial charge in [0.15, 0.2) is 0 Å². The van der Waals surface area contributed by atoms with Crippen LogP contribution in [0.2, 0.25) is 0 Å². The summed E-state index contributed by atoms with van der Waals surface area (Å²) in [5, 5.41) is 3.51. The first kappa shape index (κ1) is 12.7. The standard InChI is InChI=1S/C13H20BrN3/c1-13(2)6-4-3-5-11(13)17-12-10(15)7-9(14)8-16-12/h7-8,11H,3-6,15H2,1-2H3,(H,16,17). The molecule has 0 aromatic carbocycles. The van der Waals surface area contributed by atoms with Gasteiger partial charge >= 0.3 is 0 Å². The number of hydrogen-bond acceptors (Lipinski definition) is 3. The van der Waals surface area contributed by atoms with E-state index in [1.807, 2.05) is 6.07 Å². The molecule has 2 rings (SSSR count). The van der Waals surface area contributed by atoms with Crippen molar-refractivity contribution in [2.75, 3.05) is 11.1 Å². The molecule has 0 spiro atoms. The molecule has 1 heterocycles. The quantitative estimate of drug-likeness (QED) is 0.873. The Labute approximate surface area is 111 Å². The highest BCUT2D eigenvalue weighted by Gasteiger charge is 2.32. The molecule has 17 heavy (non-hydrogen) atoms. The van der Waals surface area contributed by atoms with Crippen LogP contribution in [0, 0.1) is 5.41 Å². The molecule has 1 fully saturated rings. The number of halogens is 1. The smallest absolute Gasteiger partial charge is 0.149 e. The van der Waals surface area contributed by atoms with Crippen molar-refractivity contribution in [3.63, 3.8) is 0 Å². The van der Waals surface area contributed by atoms with Crippen molar-refractivity contribution in [2.45, 2.75) is 45.6 Å². The van der Waals surface area contributed by atoms with Crippen LogP contribution in [0.3, 0.4) is 0 Å². The van der Waals surface area contributed by atoms with Crippen LogP contribution in [-0.2, 0) is 0 Å². The maximum atomic E-state index is 5.97. The summed E-state index contributed by atoms with van der Waals surface area (Å²) in [6.45, 7) is 4.64. The van der Waals surface area contributed by atoms with Gasteiger partial charge in [0.05, 0.1) is 5.69 Å². The monoisotopic (exact) mass is 297 g/mol. The molecule has 0 amide bonds. The summed E-state index contributed by atoms with van der Waals surface area (Å²) in [5.41, 5.74) is 7.00. The number of nitrogens with two attached hydrogens (primary N) is 1. The van der Waals surface area contributed by atoms with E-state index in [2.05, 4.69) is 40.1 Å². The highest BCUT2D eigenvalue weighted by molar-refractivity contribution is 9.10. The van der Waals surface area contributed by atoms with E-state index in [9.17, 15) is 0 Å². The Morgan fingerprint density at radius 3 is 2.88 bits per heavy atom. The van der Waals surface area contributed by atoms with Crippen molar-refractivity contribution in [2.24, 2.45) is 5.41 Å². The van der Waals surface area contributed by atoms with Gasteiger partial charge in [0.1, 0.15) is 5.82 Å². The average Bonchev–Trinajstić information content (AvgIpc) is 2.24. The number of hydrogen-bond donors (Lipinski definition) is 2. The third-order valence-electron chi connectivity index (χ3n) is 3.70. The number of pyridine rings is 1. The minimum Gasteiger partial charge on any atom is -0.396 e. The zero-order valence-corrected chi connectivity index (χ0v) is 12.0. The molecular formula is C13H20BrN3. The molecule has 1 atom stereocenters. The number of nitrogens with one attached hydrogen (secondary N) is 1. The second kappa shape index (κ2) is 4.84. The first-order valence-corrected chi connectivity index (χ1v) is 6.96. The van der Waals surface area contributed by atoms with Crippen LogP contribution in [0.4, 0.5) is 11.5 Å². The van der Waals surface area contributed by atoms with E-state index in [0.29, 0.717) is 17.1 Å².